The van der Waals surface area contributed by atoms with Crippen LogP contribution in [0.4, 0.5) is 17.1 Å². The fourth-order valence-electron chi connectivity index (χ4n) is 5.02. The Morgan fingerprint density at radius 2 is 1.90 bits per heavy atom. The smallest absolute Gasteiger partial charge is 0.261 e. The molecule has 0 aliphatic carbocycles. The van der Waals surface area contributed by atoms with E-state index in [4.69, 9.17) is 4.74 Å². The summed E-state index contributed by atoms with van der Waals surface area (Å²) >= 11 is 0. The first-order valence-corrected chi connectivity index (χ1v) is 13.2. The minimum atomic E-state index is -0.374. The number of nitrogens with one attached hydrogen (secondary N) is 2. The second-order valence-corrected chi connectivity index (χ2v) is 9.88. The molecule has 0 bridgehead atoms. The van der Waals surface area contributed by atoms with Crippen LogP contribution in [0.15, 0.2) is 78.0 Å². The maximum Gasteiger partial charge on any atom is 0.261 e. The lowest BCUT2D eigenvalue weighted by Crippen LogP contribution is -2.27. The van der Waals surface area contributed by atoms with Gasteiger partial charge in [-0.25, -0.2) is 9.67 Å². The van der Waals surface area contributed by atoms with Crippen molar-refractivity contribution in [2.24, 2.45) is 0 Å². The number of pyridine rings is 2. The number of benzene rings is 2. The van der Waals surface area contributed by atoms with Crippen molar-refractivity contribution in [1.29, 1.82) is 0 Å². The molecular weight excluding hydrogens is 508 g/mol. The average molecular weight is 537 g/mol. The molecule has 1 unspecified atom stereocenters. The Kier molecular flexibility index (Phi) is 6.83. The van der Waals surface area contributed by atoms with Crippen LogP contribution in [0.1, 0.15) is 42.8 Å². The molecule has 202 valence electrons. The summed E-state index contributed by atoms with van der Waals surface area (Å²) in [5.74, 6) is -0.468. The maximum absolute atomic E-state index is 13.5. The molecule has 1 amide bonds. The van der Waals surface area contributed by atoms with Crippen LogP contribution in [0.2, 0.25) is 0 Å². The summed E-state index contributed by atoms with van der Waals surface area (Å²) in [7, 11) is 0. The molecular formula is C30H28N6O4. The van der Waals surface area contributed by atoms with Gasteiger partial charge in [-0.1, -0.05) is 24.3 Å². The molecule has 4 heterocycles. The lowest BCUT2D eigenvalue weighted by Gasteiger charge is -2.23. The Morgan fingerprint density at radius 1 is 1.02 bits per heavy atom. The lowest BCUT2D eigenvalue weighted by molar-refractivity contribution is -0.116. The minimum Gasteiger partial charge on any atom is -0.356 e. The molecule has 40 heavy (non-hydrogen) atoms. The van der Waals surface area contributed by atoms with Crippen LogP contribution in [0.25, 0.3) is 21.8 Å². The number of hydrogen-bond donors (Lipinski definition) is 2. The third-order valence-corrected chi connectivity index (χ3v) is 7.01. The second kappa shape index (κ2) is 10.7. The van der Waals surface area contributed by atoms with E-state index in [-0.39, 0.29) is 30.0 Å². The molecule has 1 aliphatic heterocycles. The second-order valence-electron chi connectivity index (χ2n) is 9.88. The summed E-state index contributed by atoms with van der Waals surface area (Å²) in [6, 6.07) is 16.0. The summed E-state index contributed by atoms with van der Waals surface area (Å²) in [6.45, 7) is 2.01. The van der Waals surface area contributed by atoms with Gasteiger partial charge in [0, 0.05) is 29.4 Å². The number of carbonyl (C=O) groups is 2. The lowest BCUT2D eigenvalue weighted by atomic mass is 10.1. The summed E-state index contributed by atoms with van der Waals surface area (Å²) in [5.41, 5.74) is 2.76. The SMILES string of the molecule is CC(=O)c1cccc(NC(=O)Cn2ccc3cccc(Nc4cnc5c(cnn5C5CCCCO5)c4)c3c2=O)c1. The van der Waals surface area contributed by atoms with Gasteiger partial charge in [-0.3, -0.25) is 14.4 Å². The molecule has 2 N–H and O–H groups in total. The van der Waals surface area contributed by atoms with E-state index in [1.807, 2.05) is 28.9 Å². The van der Waals surface area contributed by atoms with Gasteiger partial charge in [0.25, 0.3) is 5.56 Å². The van der Waals surface area contributed by atoms with Crippen LogP contribution in [0.5, 0.6) is 0 Å². The van der Waals surface area contributed by atoms with Gasteiger partial charge in [0.2, 0.25) is 5.91 Å². The Morgan fingerprint density at radius 3 is 2.73 bits per heavy atom. The van der Waals surface area contributed by atoms with Crippen molar-refractivity contribution in [1.82, 2.24) is 19.3 Å². The largest absolute Gasteiger partial charge is 0.356 e. The third kappa shape index (κ3) is 5.08. The average Bonchev–Trinajstić information content (AvgIpc) is 3.38. The zero-order valence-electron chi connectivity index (χ0n) is 22.0. The van der Waals surface area contributed by atoms with Gasteiger partial charge in [0.05, 0.1) is 29.2 Å². The van der Waals surface area contributed by atoms with Gasteiger partial charge in [-0.15, -0.1) is 0 Å². The van der Waals surface area contributed by atoms with E-state index >= 15 is 0 Å². The highest BCUT2D eigenvalue weighted by molar-refractivity contribution is 5.98. The third-order valence-electron chi connectivity index (χ3n) is 7.01. The predicted octanol–water partition coefficient (Wildman–Crippen LogP) is 5.03. The molecule has 6 rings (SSSR count). The van der Waals surface area contributed by atoms with E-state index in [0.29, 0.717) is 28.0 Å². The van der Waals surface area contributed by atoms with Gasteiger partial charge in [-0.05, 0) is 61.9 Å². The van der Waals surface area contributed by atoms with Crippen molar-refractivity contribution in [2.45, 2.75) is 39.0 Å². The topological polar surface area (TPSA) is 120 Å². The van der Waals surface area contributed by atoms with Crippen molar-refractivity contribution in [3.8, 4) is 0 Å². The Hall–Kier alpha value is -4.83. The van der Waals surface area contributed by atoms with Crippen molar-refractivity contribution >= 4 is 50.6 Å². The van der Waals surface area contributed by atoms with Crippen LogP contribution >= 0.6 is 0 Å². The van der Waals surface area contributed by atoms with E-state index < -0.39 is 0 Å². The zero-order chi connectivity index (χ0) is 27.6. The number of carbonyl (C=O) groups excluding carboxylic acids is 2. The Bertz CT molecular complexity index is 1800. The molecule has 2 aromatic carbocycles. The van der Waals surface area contributed by atoms with Crippen molar-refractivity contribution < 1.29 is 14.3 Å². The van der Waals surface area contributed by atoms with Gasteiger partial charge in [-0.2, -0.15) is 5.10 Å². The normalized spacial score (nSPS) is 15.3. The number of anilines is 3. The van der Waals surface area contributed by atoms with Gasteiger partial charge >= 0.3 is 0 Å². The van der Waals surface area contributed by atoms with Crippen LogP contribution in [0, 0.1) is 0 Å². The molecule has 0 spiro atoms. The highest BCUT2D eigenvalue weighted by Crippen LogP contribution is 2.28. The highest BCUT2D eigenvalue weighted by Gasteiger charge is 2.19. The molecule has 0 saturated carbocycles. The predicted molar refractivity (Wildman–Crippen MR) is 153 cm³/mol. The fourth-order valence-corrected chi connectivity index (χ4v) is 5.02. The maximum atomic E-state index is 13.5. The van der Waals surface area contributed by atoms with Crippen LogP contribution in [-0.4, -0.2) is 37.6 Å². The van der Waals surface area contributed by atoms with Crippen LogP contribution < -0.4 is 16.2 Å². The van der Waals surface area contributed by atoms with Crippen molar-refractivity contribution in [2.75, 3.05) is 17.2 Å². The first-order valence-electron chi connectivity index (χ1n) is 13.2. The summed E-state index contributed by atoms with van der Waals surface area (Å²) in [6.07, 6.45) is 8.05. The number of ether oxygens (including phenoxy) is 1. The van der Waals surface area contributed by atoms with E-state index in [1.54, 1.807) is 48.9 Å². The van der Waals surface area contributed by atoms with Crippen molar-refractivity contribution in [3.05, 3.63) is 89.1 Å². The van der Waals surface area contributed by atoms with E-state index in [1.165, 1.54) is 11.5 Å². The molecule has 10 heteroatoms. The number of hydrogen-bond acceptors (Lipinski definition) is 7. The Balaban J connectivity index is 1.25. The van der Waals surface area contributed by atoms with Gasteiger partial charge in [0.1, 0.15) is 6.54 Å². The molecule has 0 radical (unpaired) electrons. The number of amides is 1. The first kappa shape index (κ1) is 25.4. The van der Waals surface area contributed by atoms with Crippen LogP contribution in [-0.2, 0) is 16.1 Å². The quantitative estimate of drug-likeness (QED) is 0.280. The minimum absolute atomic E-state index is 0.0942. The molecule has 1 aliphatic rings. The Labute approximate surface area is 229 Å². The monoisotopic (exact) mass is 536 g/mol. The van der Waals surface area contributed by atoms with Gasteiger partial charge in [0.15, 0.2) is 17.7 Å². The van der Waals surface area contributed by atoms with E-state index in [2.05, 4.69) is 20.7 Å². The van der Waals surface area contributed by atoms with Gasteiger partial charge < -0.3 is 19.9 Å². The summed E-state index contributed by atoms with van der Waals surface area (Å²) in [5, 5.41) is 12.7. The molecule has 10 nitrogen and oxygen atoms in total. The van der Waals surface area contributed by atoms with E-state index in [0.717, 1.165) is 42.3 Å². The number of rotatable bonds is 7. The number of ketones is 1. The number of aromatic nitrogens is 4. The summed E-state index contributed by atoms with van der Waals surface area (Å²) < 4.78 is 9.07. The molecule has 1 fully saturated rings. The summed E-state index contributed by atoms with van der Waals surface area (Å²) in [4.78, 5) is 42.6. The molecule has 3 aromatic heterocycles. The van der Waals surface area contributed by atoms with Crippen LogP contribution in [0.3, 0.4) is 0 Å². The number of fused-ring (bicyclic) bond motifs is 2. The first-order chi connectivity index (χ1) is 19.5. The van der Waals surface area contributed by atoms with Crippen molar-refractivity contribution in [3.63, 3.8) is 0 Å². The zero-order valence-corrected chi connectivity index (χ0v) is 22.0. The number of Topliss-reactive ketones (excluding diaryl/α,β-unsaturated/α-hetero) is 1. The molecule has 1 saturated heterocycles. The highest BCUT2D eigenvalue weighted by atomic mass is 16.5. The standard InChI is InChI=1S/C30H28N6O4/c1-19(37)21-7-4-8-23(14-21)34-26(38)18-35-12-11-20-6-5-9-25(28(20)30(35)39)33-24-15-22-16-32-36(29(22)31-17-24)27-10-2-3-13-40-27/h4-9,11-12,14-17,27,33H,2-3,10,13,18H2,1H3,(H,34,38). The van der Waals surface area contributed by atoms with E-state index in [9.17, 15) is 14.4 Å². The molecule has 1 atom stereocenters. The fraction of sp³-hybridized carbons (Fsp3) is 0.233. The molecule has 5 aromatic rings. The number of nitrogens with zero attached hydrogens (tertiary/aromatic N) is 4.